The Hall–Kier alpha value is -3.27. The van der Waals surface area contributed by atoms with Gasteiger partial charge in [-0.05, 0) is 77.8 Å². The van der Waals surface area contributed by atoms with Gasteiger partial charge in [0.2, 0.25) is 0 Å². The molecule has 0 saturated carbocycles. The summed E-state index contributed by atoms with van der Waals surface area (Å²) in [5, 5.41) is 10.5. The number of benzene rings is 3. The predicted octanol–water partition coefficient (Wildman–Crippen LogP) is 8.44. The summed E-state index contributed by atoms with van der Waals surface area (Å²) in [6, 6.07) is 25.2. The predicted molar refractivity (Wildman–Crippen MR) is 169 cm³/mol. The van der Waals surface area contributed by atoms with Gasteiger partial charge in [-0.15, -0.1) is 0 Å². The van der Waals surface area contributed by atoms with Gasteiger partial charge in [-0.3, -0.25) is 9.69 Å². The summed E-state index contributed by atoms with van der Waals surface area (Å²) in [6.07, 6.45) is 1.14. The van der Waals surface area contributed by atoms with E-state index in [2.05, 4.69) is 86.1 Å². The van der Waals surface area contributed by atoms with Crippen LogP contribution in [0.1, 0.15) is 60.4 Å². The van der Waals surface area contributed by atoms with Crippen molar-refractivity contribution in [2.24, 2.45) is 11.1 Å². The molecule has 0 bridgehead atoms. The molecule has 40 heavy (non-hydrogen) atoms. The van der Waals surface area contributed by atoms with E-state index in [0.717, 1.165) is 38.5 Å². The van der Waals surface area contributed by atoms with E-state index in [1.807, 2.05) is 47.0 Å². The van der Waals surface area contributed by atoms with Crippen molar-refractivity contribution in [3.63, 3.8) is 0 Å². The standard InChI is InChI=1S/C34H34BrN3OS/c1-21-14-22(2)27(15-24(21)20-40-19-23-8-6-5-7-9-23)31-28(18-36)33(37)38(26-12-10-25(35)11-13-26)29-16-34(3,4)17-30(39)32(29)31/h5-15,31H,16-17,19-20,37H2,1-4H3. The highest BCUT2D eigenvalue weighted by molar-refractivity contribution is 9.10. The molecule has 0 aromatic heterocycles. The molecule has 2 N–H and O–H groups in total. The van der Waals surface area contributed by atoms with Crippen LogP contribution in [0.5, 0.6) is 0 Å². The number of Topliss-reactive ketones (excluding diaryl/α,β-unsaturated/α-hetero) is 1. The number of allylic oxidation sites excluding steroid dienone is 3. The number of nitriles is 1. The van der Waals surface area contributed by atoms with Gasteiger partial charge in [-0.2, -0.15) is 17.0 Å². The Morgan fingerprint density at radius 2 is 1.73 bits per heavy atom. The maximum Gasteiger partial charge on any atom is 0.162 e. The number of nitrogens with two attached hydrogens (primary N) is 1. The smallest absolute Gasteiger partial charge is 0.162 e. The Labute approximate surface area is 250 Å². The van der Waals surface area contributed by atoms with Gasteiger partial charge in [-0.25, -0.2) is 0 Å². The first kappa shape index (κ1) is 28.3. The van der Waals surface area contributed by atoms with Crippen LogP contribution >= 0.6 is 27.7 Å². The number of carbonyl (C=O) groups excluding carboxylic acids is 1. The van der Waals surface area contributed by atoms with E-state index in [4.69, 9.17) is 5.73 Å². The van der Waals surface area contributed by atoms with E-state index in [1.165, 1.54) is 16.7 Å². The second-order valence-corrected chi connectivity index (χ2v) is 13.5. The molecule has 0 spiro atoms. The van der Waals surface area contributed by atoms with Gasteiger partial charge in [0.25, 0.3) is 0 Å². The number of thioether (sulfide) groups is 1. The van der Waals surface area contributed by atoms with Crippen LogP contribution in [0.2, 0.25) is 0 Å². The largest absolute Gasteiger partial charge is 0.384 e. The molecular formula is C34H34BrN3OS. The number of aryl methyl sites for hydroxylation is 2. The number of halogens is 1. The third kappa shape index (κ3) is 5.50. The summed E-state index contributed by atoms with van der Waals surface area (Å²) in [5.74, 6) is 1.79. The van der Waals surface area contributed by atoms with Gasteiger partial charge in [-0.1, -0.05) is 72.2 Å². The quantitative estimate of drug-likeness (QED) is 0.303. The minimum absolute atomic E-state index is 0.0959. The average molecular weight is 613 g/mol. The number of anilines is 1. The third-order valence-electron chi connectivity index (χ3n) is 7.87. The fourth-order valence-corrected chi connectivity index (χ4v) is 7.27. The minimum atomic E-state index is -0.478. The van der Waals surface area contributed by atoms with Crippen LogP contribution in [0.15, 0.2) is 93.9 Å². The summed E-state index contributed by atoms with van der Waals surface area (Å²) in [5.41, 5.74) is 15.4. The van der Waals surface area contributed by atoms with Crippen molar-refractivity contribution in [1.82, 2.24) is 0 Å². The number of hydrogen-bond acceptors (Lipinski definition) is 5. The van der Waals surface area contributed by atoms with Crippen LogP contribution in [0.4, 0.5) is 5.69 Å². The zero-order valence-corrected chi connectivity index (χ0v) is 25.8. The van der Waals surface area contributed by atoms with Crippen molar-refractivity contribution in [2.75, 3.05) is 4.90 Å². The summed E-state index contributed by atoms with van der Waals surface area (Å²) >= 11 is 5.39. The van der Waals surface area contributed by atoms with E-state index in [0.29, 0.717) is 29.8 Å². The number of hydrogen-bond donors (Lipinski definition) is 1. The number of nitrogens with zero attached hydrogens (tertiary/aromatic N) is 2. The highest BCUT2D eigenvalue weighted by atomic mass is 79.9. The molecule has 0 radical (unpaired) electrons. The minimum Gasteiger partial charge on any atom is -0.384 e. The fraction of sp³-hybridized carbons (Fsp3) is 0.294. The molecule has 1 atom stereocenters. The summed E-state index contributed by atoms with van der Waals surface area (Å²) < 4.78 is 0.955. The lowest BCUT2D eigenvalue weighted by molar-refractivity contribution is -0.118. The van der Waals surface area contributed by atoms with Crippen molar-refractivity contribution in [3.8, 4) is 6.07 Å². The molecule has 6 heteroatoms. The first-order chi connectivity index (χ1) is 19.1. The van der Waals surface area contributed by atoms with Crippen LogP contribution in [0, 0.1) is 30.6 Å². The summed E-state index contributed by atoms with van der Waals surface area (Å²) in [6.45, 7) is 8.47. The molecule has 1 aliphatic heterocycles. The van der Waals surface area contributed by atoms with Crippen molar-refractivity contribution >= 4 is 39.2 Å². The molecule has 4 nitrogen and oxygen atoms in total. The molecular weight excluding hydrogens is 578 g/mol. The molecule has 3 aromatic carbocycles. The highest BCUT2D eigenvalue weighted by Crippen LogP contribution is 2.51. The Morgan fingerprint density at radius 1 is 1.02 bits per heavy atom. The lowest BCUT2D eigenvalue weighted by Crippen LogP contribution is -2.42. The molecule has 3 aromatic rings. The zero-order chi connectivity index (χ0) is 28.6. The summed E-state index contributed by atoms with van der Waals surface area (Å²) in [4.78, 5) is 15.9. The van der Waals surface area contributed by atoms with Crippen LogP contribution in [0.25, 0.3) is 0 Å². The molecule has 0 fully saturated rings. The molecule has 1 aliphatic carbocycles. The normalized spacial score (nSPS) is 18.6. The van der Waals surface area contributed by atoms with E-state index >= 15 is 0 Å². The molecule has 1 heterocycles. The molecule has 0 amide bonds. The molecule has 204 valence electrons. The zero-order valence-electron chi connectivity index (χ0n) is 23.4. The van der Waals surface area contributed by atoms with Gasteiger partial charge in [0.05, 0.1) is 17.6 Å². The van der Waals surface area contributed by atoms with Gasteiger partial charge >= 0.3 is 0 Å². The number of ketones is 1. The Morgan fingerprint density at radius 3 is 2.40 bits per heavy atom. The second-order valence-electron chi connectivity index (χ2n) is 11.6. The van der Waals surface area contributed by atoms with Crippen LogP contribution in [0.3, 0.4) is 0 Å². The first-order valence-corrected chi connectivity index (χ1v) is 15.5. The fourth-order valence-electron chi connectivity index (χ4n) is 5.94. The van der Waals surface area contributed by atoms with Crippen molar-refractivity contribution < 1.29 is 4.79 Å². The van der Waals surface area contributed by atoms with Gasteiger partial charge in [0.1, 0.15) is 5.82 Å². The maximum absolute atomic E-state index is 14.0. The molecule has 1 unspecified atom stereocenters. The topological polar surface area (TPSA) is 70.1 Å². The van der Waals surface area contributed by atoms with Crippen LogP contribution in [-0.4, -0.2) is 5.78 Å². The van der Waals surface area contributed by atoms with Crippen LogP contribution in [-0.2, 0) is 16.3 Å². The first-order valence-electron chi connectivity index (χ1n) is 13.5. The third-order valence-corrected chi connectivity index (χ3v) is 9.45. The van der Waals surface area contributed by atoms with E-state index in [-0.39, 0.29) is 11.2 Å². The Bertz CT molecular complexity index is 1570. The van der Waals surface area contributed by atoms with Crippen molar-refractivity contribution in [3.05, 3.63) is 122 Å². The molecule has 2 aliphatic rings. The Kier molecular flexibility index (Phi) is 7.99. The van der Waals surface area contributed by atoms with Gasteiger partial charge in [0.15, 0.2) is 5.78 Å². The lowest BCUT2D eigenvalue weighted by atomic mass is 9.68. The van der Waals surface area contributed by atoms with Crippen molar-refractivity contribution in [2.45, 2.75) is 58.0 Å². The average Bonchev–Trinajstić information content (AvgIpc) is 2.90. The van der Waals surface area contributed by atoms with Gasteiger partial charge < -0.3 is 5.73 Å². The summed E-state index contributed by atoms with van der Waals surface area (Å²) in [7, 11) is 0. The second kappa shape index (κ2) is 11.3. The lowest BCUT2D eigenvalue weighted by Gasteiger charge is -2.44. The van der Waals surface area contributed by atoms with E-state index in [9.17, 15) is 10.1 Å². The Balaban J connectivity index is 1.61. The number of rotatable bonds is 6. The SMILES string of the molecule is Cc1cc(C)c(C2C(C#N)=C(N)N(c3ccc(Br)cc3)C3=C2C(=O)CC(C)(C)C3)cc1CSCc1ccccc1. The van der Waals surface area contributed by atoms with E-state index in [1.54, 1.807) is 0 Å². The van der Waals surface area contributed by atoms with Gasteiger partial charge in [0, 0.05) is 39.4 Å². The van der Waals surface area contributed by atoms with Crippen LogP contribution < -0.4 is 10.6 Å². The highest BCUT2D eigenvalue weighted by Gasteiger charge is 2.45. The van der Waals surface area contributed by atoms with E-state index < -0.39 is 5.92 Å². The number of carbonyl (C=O) groups is 1. The van der Waals surface area contributed by atoms with Crippen molar-refractivity contribution in [1.29, 1.82) is 5.26 Å². The monoisotopic (exact) mass is 611 g/mol. The molecule has 0 saturated heterocycles. The maximum atomic E-state index is 14.0. The molecule has 5 rings (SSSR count).